The second kappa shape index (κ2) is 6.74. The molecular formula is C15H19Cl3N2O. The first-order valence-corrected chi connectivity index (χ1v) is 7.85. The van der Waals surface area contributed by atoms with Crippen LogP contribution in [-0.2, 0) is 10.2 Å². The van der Waals surface area contributed by atoms with Crippen LogP contribution in [0.15, 0.2) is 18.2 Å². The zero-order chi connectivity index (χ0) is 14.2. The van der Waals surface area contributed by atoms with E-state index in [4.69, 9.17) is 23.2 Å². The molecule has 3 nitrogen and oxygen atoms in total. The van der Waals surface area contributed by atoms with Gasteiger partial charge < -0.3 is 10.6 Å². The number of hydrogen-bond acceptors (Lipinski definition) is 2. The van der Waals surface area contributed by atoms with Crippen molar-refractivity contribution in [2.45, 2.75) is 37.1 Å². The minimum absolute atomic E-state index is 0. The minimum atomic E-state index is -0.406. The zero-order valence-corrected chi connectivity index (χ0v) is 14.0. The van der Waals surface area contributed by atoms with Gasteiger partial charge in [0.1, 0.15) is 0 Å². The molecule has 1 aliphatic heterocycles. The van der Waals surface area contributed by atoms with Gasteiger partial charge in [-0.3, -0.25) is 4.79 Å². The molecule has 1 saturated heterocycles. The van der Waals surface area contributed by atoms with Crippen molar-refractivity contribution >= 4 is 41.5 Å². The van der Waals surface area contributed by atoms with E-state index in [-0.39, 0.29) is 24.4 Å². The maximum absolute atomic E-state index is 12.7. The highest BCUT2D eigenvalue weighted by Gasteiger charge is 2.46. The third-order valence-corrected chi connectivity index (χ3v) is 5.25. The van der Waals surface area contributed by atoms with Crippen LogP contribution in [0.4, 0.5) is 0 Å². The standard InChI is InChI=1S/C15H18Cl2N2O.ClH/c16-12-3-2-10(8-13(12)17)15(5-1-6-15)14(20)19-11-4-7-18-9-11;/h2-3,8,11,18H,1,4-7,9H2,(H,19,20);1H. The molecule has 2 aliphatic rings. The molecule has 0 aromatic heterocycles. The molecule has 0 spiro atoms. The summed E-state index contributed by atoms with van der Waals surface area (Å²) in [7, 11) is 0. The smallest absolute Gasteiger partial charge is 0.230 e. The molecule has 3 rings (SSSR count). The van der Waals surface area contributed by atoms with Gasteiger partial charge in [0.05, 0.1) is 15.5 Å². The van der Waals surface area contributed by atoms with Crippen molar-refractivity contribution in [3.63, 3.8) is 0 Å². The molecule has 1 aromatic carbocycles. The fraction of sp³-hybridized carbons (Fsp3) is 0.533. The second-order valence-corrected chi connectivity index (χ2v) is 6.54. The van der Waals surface area contributed by atoms with E-state index in [2.05, 4.69) is 10.6 Å². The van der Waals surface area contributed by atoms with E-state index in [1.54, 1.807) is 6.07 Å². The molecule has 1 heterocycles. The van der Waals surface area contributed by atoms with E-state index in [9.17, 15) is 4.79 Å². The highest BCUT2D eigenvalue weighted by Crippen LogP contribution is 2.45. The predicted molar refractivity (Wildman–Crippen MR) is 88.7 cm³/mol. The predicted octanol–water partition coefficient (Wildman–Crippen LogP) is 3.32. The second-order valence-electron chi connectivity index (χ2n) is 5.73. The third kappa shape index (κ3) is 3.16. The van der Waals surface area contributed by atoms with Crippen LogP contribution in [-0.4, -0.2) is 25.0 Å². The summed E-state index contributed by atoms with van der Waals surface area (Å²) >= 11 is 12.1. The fourth-order valence-corrected chi connectivity index (χ4v) is 3.37. The molecule has 1 saturated carbocycles. The molecule has 0 bridgehead atoms. The van der Waals surface area contributed by atoms with Gasteiger partial charge in [-0.2, -0.15) is 0 Å². The summed E-state index contributed by atoms with van der Waals surface area (Å²) in [4.78, 5) is 12.7. The van der Waals surface area contributed by atoms with Crippen LogP contribution in [0, 0.1) is 0 Å². The highest BCUT2D eigenvalue weighted by molar-refractivity contribution is 6.42. The van der Waals surface area contributed by atoms with Gasteiger partial charge in [-0.1, -0.05) is 35.7 Å². The van der Waals surface area contributed by atoms with Crippen molar-refractivity contribution in [3.05, 3.63) is 33.8 Å². The number of nitrogens with one attached hydrogen (secondary N) is 2. The van der Waals surface area contributed by atoms with E-state index in [1.165, 1.54) is 0 Å². The summed E-state index contributed by atoms with van der Waals surface area (Å²) in [6.07, 6.45) is 3.85. The Kier molecular flexibility index (Phi) is 5.42. The monoisotopic (exact) mass is 348 g/mol. The van der Waals surface area contributed by atoms with Gasteiger partial charge >= 0.3 is 0 Å². The highest BCUT2D eigenvalue weighted by atomic mass is 35.5. The molecule has 6 heteroatoms. The van der Waals surface area contributed by atoms with Gasteiger partial charge in [0, 0.05) is 12.6 Å². The van der Waals surface area contributed by atoms with E-state index in [0.29, 0.717) is 10.0 Å². The minimum Gasteiger partial charge on any atom is -0.351 e. The summed E-state index contributed by atoms with van der Waals surface area (Å²) in [6.45, 7) is 1.84. The zero-order valence-electron chi connectivity index (χ0n) is 11.6. The lowest BCUT2D eigenvalue weighted by atomic mass is 9.63. The normalized spacial score (nSPS) is 23.0. The SMILES string of the molecule is Cl.O=C(NC1CCNC1)C1(c2ccc(Cl)c(Cl)c2)CCC1. The summed E-state index contributed by atoms with van der Waals surface area (Å²) in [5, 5.41) is 7.50. The summed E-state index contributed by atoms with van der Waals surface area (Å²) in [5.74, 6) is 0.135. The van der Waals surface area contributed by atoms with Gasteiger partial charge in [-0.25, -0.2) is 0 Å². The van der Waals surface area contributed by atoms with Crippen LogP contribution < -0.4 is 10.6 Å². The molecule has 21 heavy (non-hydrogen) atoms. The van der Waals surface area contributed by atoms with Crippen molar-refractivity contribution in [2.75, 3.05) is 13.1 Å². The van der Waals surface area contributed by atoms with Gasteiger partial charge in [0.15, 0.2) is 0 Å². The molecular weight excluding hydrogens is 331 g/mol. The van der Waals surface area contributed by atoms with Gasteiger partial charge in [-0.05, 0) is 43.5 Å². The molecule has 0 radical (unpaired) electrons. The Morgan fingerprint density at radius 3 is 2.57 bits per heavy atom. The molecule has 1 atom stereocenters. The van der Waals surface area contributed by atoms with E-state index in [0.717, 1.165) is 44.3 Å². The first kappa shape index (κ1) is 16.9. The number of halogens is 3. The Morgan fingerprint density at radius 2 is 2.05 bits per heavy atom. The Labute approximate surface area is 141 Å². The van der Waals surface area contributed by atoms with E-state index >= 15 is 0 Å². The van der Waals surface area contributed by atoms with Gasteiger partial charge in [0.25, 0.3) is 0 Å². The molecule has 1 amide bonds. The van der Waals surface area contributed by atoms with Crippen LogP contribution >= 0.6 is 35.6 Å². The number of benzene rings is 1. The Morgan fingerprint density at radius 1 is 1.29 bits per heavy atom. The van der Waals surface area contributed by atoms with Crippen LogP contribution in [0.1, 0.15) is 31.2 Å². The largest absolute Gasteiger partial charge is 0.351 e. The van der Waals surface area contributed by atoms with Crippen LogP contribution in [0.2, 0.25) is 10.0 Å². The lowest BCUT2D eigenvalue weighted by molar-refractivity contribution is -0.130. The van der Waals surface area contributed by atoms with Crippen molar-refractivity contribution in [2.24, 2.45) is 0 Å². The van der Waals surface area contributed by atoms with Crippen LogP contribution in [0.3, 0.4) is 0 Å². The first-order chi connectivity index (χ1) is 9.62. The van der Waals surface area contributed by atoms with Gasteiger partial charge in [-0.15, -0.1) is 12.4 Å². The topological polar surface area (TPSA) is 41.1 Å². The average Bonchev–Trinajstić information content (AvgIpc) is 2.85. The molecule has 1 unspecified atom stereocenters. The Bertz CT molecular complexity index is 526. The lowest BCUT2D eigenvalue weighted by Gasteiger charge is -2.41. The fourth-order valence-electron chi connectivity index (χ4n) is 3.07. The van der Waals surface area contributed by atoms with Crippen molar-refractivity contribution in [1.29, 1.82) is 0 Å². The molecule has 2 N–H and O–H groups in total. The summed E-state index contributed by atoms with van der Waals surface area (Å²) < 4.78 is 0. The summed E-state index contributed by atoms with van der Waals surface area (Å²) in [5.41, 5.74) is 0.582. The van der Waals surface area contributed by atoms with Crippen molar-refractivity contribution in [3.8, 4) is 0 Å². The van der Waals surface area contributed by atoms with E-state index < -0.39 is 5.41 Å². The van der Waals surface area contributed by atoms with Crippen molar-refractivity contribution < 1.29 is 4.79 Å². The number of amides is 1. The molecule has 2 fully saturated rings. The number of rotatable bonds is 3. The molecule has 1 aliphatic carbocycles. The Hall–Kier alpha value is -0.480. The molecule has 1 aromatic rings. The Balaban J connectivity index is 0.00000161. The van der Waals surface area contributed by atoms with E-state index in [1.807, 2.05) is 12.1 Å². The number of carbonyl (C=O) groups is 1. The number of hydrogen-bond donors (Lipinski definition) is 2. The maximum atomic E-state index is 12.7. The average molecular weight is 350 g/mol. The quantitative estimate of drug-likeness (QED) is 0.879. The lowest BCUT2D eigenvalue weighted by Crippen LogP contribution is -2.52. The molecule has 116 valence electrons. The maximum Gasteiger partial charge on any atom is 0.230 e. The van der Waals surface area contributed by atoms with Gasteiger partial charge in [0.2, 0.25) is 5.91 Å². The van der Waals surface area contributed by atoms with Crippen molar-refractivity contribution in [1.82, 2.24) is 10.6 Å². The third-order valence-electron chi connectivity index (χ3n) is 4.51. The van der Waals surface area contributed by atoms with Crippen LogP contribution in [0.5, 0.6) is 0 Å². The van der Waals surface area contributed by atoms with Crippen LogP contribution in [0.25, 0.3) is 0 Å². The number of carbonyl (C=O) groups excluding carboxylic acids is 1. The summed E-state index contributed by atoms with van der Waals surface area (Å²) in [6, 6.07) is 5.81. The first-order valence-electron chi connectivity index (χ1n) is 7.09.